The van der Waals surface area contributed by atoms with Crippen molar-refractivity contribution in [1.29, 1.82) is 0 Å². The number of nitrogens with one attached hydrogen (secondary N) is 1. The smallest absolute Gasteiger partial charge is 0.406 e. The van der Waals surface area contributed by atoms with Gasteiger partial charge in [-0.1, -0.05) is 23.2 Å². The van der Waals surface area contributed by atoms with Crippen molar-refractivity contribution >= 4 is 50.5 Å². The summed E-state index contributed by atoms with van der Waals surface area (Å²) >= 11 is 11.8. The van der Waals surface area contributed by atoms with Crippen LogP contribution in [0.3, 0.4) is 0 Å². The molecule has 0 radical (unpaired) electrons. The van der Waals surface area contributed by atoms with Crippen molar-refractivity contribution in [1.82, 2.24) is 0 Å². The van der Waals surface area contributed by atoms with Gasteiger partial charge in [-0.3, -0.25) is 9.10 Å². The monoisotopic (exact) mass is 470 g/mol. The molecule has 0 aliphatic heterocycles. The summed E-state index contributed by atoms with van der Waals surface area (Å²) in [6.45, 7) is 1.35. The third-order valence-corrected chi connectivity index (χ3v) is 5.58. The number of anilines is 2. The number of hydrogen-bond acceptors (Lipinski definition) is 4. The first-order chi connectivity index (χ1) is 13.3. The predicted molar refractivity (Wildman–Crippen MR) is 105 cm³/mol. The summed E-state index contributed by atoms with van der Waals surface area (Å²) in [5.74, 6) is -1.18. The molecule has 2 aromatic carbocycles. The number of carbonyl (C=O) groups excluding carboxylic acids is 1. The highest BCUT2D eigenvalue weighted by molar-refractivity contribution is 7.92. The number of sulfonamides is 1. The summed E-state index contributed by atoms with van der Waals surface area (Å²) in [5.41, 5.74) is 0.275. The van der Waals surface area contributed by atoms with E-state index < -0.39 is 34.1 Å². The second-order valence-corrected chi connectivity index (χ2v) is 8.57. The molecule has 0 aliphatic rings. The highest BCUT2D eigenvalue weighted by atomic mass is 35.5. The Morgan fingerprint density at radius 3 is 2.17 bits per heavy atom. The van der Waals surface area contributed by atoms with Crippen molar-refractivity contribution in [2.75, 3.05) is 15.9 Å². The Hall–Kier alpha value is -2.17. The van der Waals surface area contributed by atoms with E-state index in [1.807, 2.05) is 0 Å². The van der Waals surface area contributed by atoms with Crippen molar-refractivity contribution in [3.63, 3.8) is 0 Å². The average molecular weight is 471 g/mol. The van der Waals surface area contributed by atoms with Crippen molar-refractivity contribution in [2.24, 2.45) is 0 Å². The van der Waals surface area contributed by atoms with Crippen molar-refractivity contribution in [2.45, 2.75) is 19.3 Å². The van der Waals surface area contributed by atoms with Crippen LogP contribution >= 0.6 is 23.2 Å². The lowest BCUT2D eigenvalue weighted by molar-refractivity contribution is -0.274. The first kappa shape index (κ1) is 23.1. The van der Waals surface area contributed by atoms with Crippen LogP contribution < -0.4 is 14.4 Å². The second kappa shape index (κ2) is 8.68. The van der Waals surface area contributed by atoms with E-state index in [0.29, 0.717) is 0 Å². The maximum atomic E-state index is 12.6. The number of halogens is 5. The molecular formula is C17H15Cl2F3N2O4S. The molecule has 0 fully saturated rings. The molecule has 0 saturated carbocycles. The Bertz CT molecular complexity index is 999. The molecule has 1 N–H and O–H groups in total. The number of rotatable bonds is 6. The Kier molecular flexibility index (Phi) is 6.92. The molecule has 12 heteroatoms. The van der Waals surface area contributed by atoms with Crippen LogP contribution in [0.4, 0.5) is 24.5 Å². The van der Waals surface area contributed by atoms with Crippen LogP contribution in [0, 0.1) is 0 Å². The first-order valence-electron chi connectivity index (χ1n) is 7.89. The van der Waals surface area contributed by atoms with Gasteiger partial charge in [-0.2, -0.15) is 0 Å². The van der Waals surface area contributed by atoms with Crippen LogP contribution in [0.5, 0.6) is 5.75 Å². The summed E-state index contributed by atoms with van der Waals surface area (Å²) < 4.78 is 65.7. The van der Waals surface area contributed by atoms with Crippen molar-refractivity contribution < 1.29 is 31.1 Å². The molecule has 0 aromatic heterocycles. The molecule has 0 aliphatic carbocycles. The topological polar surface area (TPSA) is 75.7 Å². The second-order valence-electron chi connectivity index (χ2n) is 5.89. The largest absolute Gasteiger partial charge is 0.573 e. The Balaban J connectivity index is 2.22. The van der Waals surface area contributed by atoms with Gasteiger partial charge < -0.3 is 10.1 Å². The van der Waals surface area contributed by atoms with Gasteiger partial charge in [0.05, 0.1) is 22.0 Å². The summed E-state index contributed by atoms with van der Waals surface area (Å²) in [5, 5.41) is 2.75. The molecule has 2 aromatic rings. The quantitative estimate of drug-likeness (QED) is 0.664. The zero-order valence-corrected chi connectivity index (χ0v) is 17.3. The number of ether oxygens (including phenoxy) is 1. The summed E-state index contributed by atoms with van der Waals surface area (Å²) in [6.07, 6.45) is -3.92. The Morgan fingerprint density at radius 1 is 1.10 bits per heavy atom. The molecule has 1 amide bonds. The van der Waals surface area contributed by atoms with Crippen molar-refractivity contribution in [3.05, 3.63) is 52.5 Å². The lowest BCUT2D eigenvalue weighted by Crippen LogP contribution is -2.45. The van der Waals surface area contributed by atoms with Gasteiger partial charge >= 0.3 is 6.36 Å². The normalized spacial score (nSPS) is 12.9. The van der Waals surface area contributed by atoms with Crippen LogP contribution in [0.1, 0.15) is 6.92 Å². The number of benzene rings is 2. The van der Waals surface area contributed by atoms with Crippen LogP contribution in [-0.2, 0) is 14.8 Å². The van der Waals surface area contributed by atoms with E-state index in [4.69, 9.17) is 23.2 Å². The van der Waals surface area contributed by atoms with E-state index in [2.05, 4.69) is 10.1 Å². The van der Waals surface area contributed by atoms with Gasteiger partial charge in [0.1, 0.15) is 11.8 Å². The number of carbonyl (C=O) groups is 1. The van der Waals surface area contributed by atoms with E-state index in [-0.39, 0.29) is 21.4 Å². The highest BCUT2D eigenvalue weighted by Crippen LogP contribution is 2.30. The van der Waals surface area contributed by atoms with Crippen LogP contribution in [-0.4, -0.2) is 33.0 Å². The van der Waals surface area contributed by atoms with Crippen molar-refractivity contribution in [3.8, 4) is 5.75 Å². The number of hydrogen-bond donors (Lipinski definition) is 1. The van der Waals surface area contributed by atoms with E-state index >= 15 is 0 Å². The van der Waals surface area contributed by atoms with E-state index in [0.717, 1.165) is 22.7 Å². The third kappa shape index (κ3) is 6.41. The third-order valence-electron chi connectivity index (χ3n) is 3.60. The van der Waals surface area contributed by atoms with Gasteiger partial charge in [0, 0.05) is 5.69 Å². The number of alkyl halides is 3. The van der Waals surface area contributed by atoms with Gasteiger partial charge in [-0.25, -0.2) is 8.42 Å². The fourth-order valence-electron chi connectivity index (χ4n) is 2.42. The fourth-order valence-corrected chi connectivity index (χ4v) is 3.88. The molecule has 0 saturated heterocycles. The van der Waals surface area contributed by atoms with Gasteiger partial charge in [0.2, 0.25) is 15.9 Å². The van der Waals surface area contributed by atoms with Gasteiger partial charge in [0.25, 0.3) is 0 Å². The minimum atomic E-state index is -4.84. The molecule has 0 bridgehead atoms. The Labute approximate surface area is 175 Å². The summed E-state index contributed by atoms with van der Waals surface area (Å²) in [6, 6.07) is 7.29. The molecule has 6 nitrogen and oxygen atoms in total. The van der Waals surface area contributed by atoms with E-state index in [1.54, 1.807) is 0 Å². The number of nitrogens with zero attached hydrogens (tertiary/aromatic N) is 1. The zero-order valence-electron chi connectivity index (χ0n) is 15.0. The SMILES string of the molecule is C[C@H](C(=O)Nc1ccc(OC(F)(F)F)cc1)N(c1ccc(Cl)c(Cl)c1)S(C)(=O)=O. The van der Waals surface area contributed by atoms with Crippen LogP contribution in [0.15, 0.2) is 42.5 Å². The maximum absolute atomic E-state index is 12.6. The molecule has 29 heavy (non-hydrogen) atoms. The Morgan fingerprint density at radius 2 is 1.69 bits per heavy atom. The average Bonchev–Trinajstić information content (AvgIpc) is 2.57. The van der Waals surface area contributed by atoms with Crippen LogP contribution in [0.25, 0.3) is 0 Å². The molecule has 1 atom stereocenters. The molecule has 2 rings (SSSR count). The maximum Gasteiger partial charge on any atom is 0.573 e. The molecule has 158 valence electrons. The zero-order chi connectivity index (χ0) is 22.0. The van der Waals surface area contributed by atoms with Gasteiger partial charge in [-0.05, 0) is 49.4 Å². The molecular weight excluding hydrogens is 456 g/mol. The van der Waals surface area contributed by atoms with Gasteiger partial charge in [0.15, 0.2) is 0 Å². The van der Waals surface area contributed by atoms with Crippen LogP contribution in [0.2, 0.25) is 10.0 Å². The minimum absolute atomic E-state index is 0.102. The van der Waals surface area contributed by atoms with E-state index in [9.17, 15) is 26.4 Å². The minimum Gasteiger partial charge on any atom is -0.406 e. The molecule has 0 unspecified atom stereocenters. The number of amides is 1. The highest BCUT2D eigenvalue weighted by Gasteiger charge is 2.31. The first-order valence-corrected chi connectivity index (χ1v) is 10.5. The van der Waals surface area contributed by atoms with E-state index in [1.165, 1.54) is 37.3 Å². The predicted octanol–water partition coefficient (Wildman–Crippen LogP) is 4.69. The lowest BCUT2D eigenvalue weighted by Gasteiger charge is -2.28. The lowest BCUT2D eigenvalue weighted by atomic mass is 10.2. The molecule has 0 spiro atoms. The summed E-state index contributed by atoms with van der Waals surface area (Å²) in [4.78, 5) is 12.6. The summed E-state index contributed by atoms with van der Waals surface area (Å²) in [7, 11) is -3.89. The standard InChI is InChI=1S/C17H15Cl2F3N2O4S/c1-10(24(29(2,26)27)12-5-8-14(18)15(19)9-12)16(25)23-11-3-6-13(7-4-11)28-17(20,21)22/h3-10H,1-2H3,(H,23,25)/t10-/m1/s1. The fraction of sp³-hybridized carbons (Fsp3) is 0.235. The van der Waals surface area contributed by atoms with Gasteiger partial charge in [-0.15, -0.1) is 13.2 Å². The molecule has 0 heterocycles.